The number of hydrogen-bond donors (Lipinski definition) is 1. The minimum absolute atomic E-state index is 0.0800. The molecule has 0 fully saturated rings. The third-order valence-corrected chi connectivity index (χ3v) is 4.41. The van der Waals surface area contributed by atoms with Gasteiger partial charge in [0.15, 0.2) is 0 Å². The second-order valence-electron chi connectivity index (χ2n) is 5.25. The highest BCUT2D eigenvalue weighted by atomic mass is 32.2. The normalized spacial score (nSPS) is 10.3. The quantitative estimate of drug-likeness (QED) is 0.427. The summed E-state index contributed by atoms with van der Waals surface area (Å²) in [6, 6.07) is 12.9. The van der Waals surface area contributed by atoms with Crippen molar-refractivity contribution in [3.05, 3.63) is 59.9 Å². The van der Waals surface area contributed by atoms with Gasteiger partial charge in [-0.15, -0.1) is 11.8 Å². The molecule has 0 heterocycles. The summed E-state index contributed by atoms with van der Waals surface area (Å²) < 4.78 is 17.7. The van der Waals surface area contributed by atoms with E-state index in [1.807, 2.05) is 0 Å². The van der Waals surface area contributed by atoms with Crippen LogP contribution in [-0.4, -0.2) is 24.2 Å². The SMILES string of the molecule is CCOC(=O)c1ccc(NC(=O)CCCSc2ccc(F)cc2)cc1. The average Bonchev–Trinajstić information content (AvgIpc) is 2.61. The fourth-order valence-electron chi connectivity index (χ4n) is 2.08. The van der Waals surface area contributed by atoms with Crippen LogP contribution in [0.5, 0.6) is 0 Å². The van der Waals surface area contributed by atoms with Gasteiger partial charge >= 0.3 is 5.97 Å². The molecule has 0 spiro atoms. The maximum atomic E-state index is 12.8. The third kappa shape index (κ3) is 6.58. The number of anilines is 1. The molecule has 2 aromatic carbocycles. The predicted molar refractivity (Wildman–Crippen MR) is 97.4 cm³/mol. The van der Waals surface area contributed by atoms with Gasteiger partial charge in [-0.3, -0.25) is 4.79 Å². The summed E-state index contributed by atoms with van der Waals surface area (Å²) in [5.74, 6) is 0.0698. The zero-order valence-corrected chi connectivity index (χ0v) is 14.8. The molecule has 0 atom stereocenters. The van der Waals surface area contributed by atoms with Gasteiger partial charge in [-0.05, 0) is 67.6 Å². The minimum Gasteiger partial charge on any atom is -0.462 e. The Hall–Kier alpha value is -2.34. The van der Waals surface area contributed by atoms with Gasteiger partial charge in [0.2, 0.25) is 5.91 Å². The molecule has 0 aliphatic heterocycles. The lowest BCUT2D eigenvalue weighted by atomic mass is 10.2. The molecule has 0 bridgehead atoms. The topological polar surface area (TPSA) is 55.4 Å². The highest BCUT2D eigenvalue weighted by Gasteiger charge is 2.07. The summed E-state index contributed by atoms with van der Waals surface area (Å²) in [7, 11) is 0. The van der Waals surface area contributed by atoms with Crippen LogP contribution in [0.4, 0.5) is 10.1 Å². The number of benzene rings is 2. The lowest BCUT2D eigenvalue weighted by Gasteiger charge is -2.07. The number of hydrogen-bond acceptors (Lipinski definition) is 4. The Balaban J connectivity index is 1.71. The van der Waals surface area contributed by atoms with Gasteiger partial charge in [0.1, 0.15) is 5.82 Å². The number of esters is 1. The lowest BCUT2D eigenvalue weighted by Crippen LogP contribution is -2.12. The smallest absolute Gasteiger partial charge is 0.338 e. The van der Waals surface area contributed by atoms with Crippen molar-refractivity contribution in [2.75, 3.05) is 17.7 Å². The van der Waals surface area contributed by atoms with Crippen LogP contribution in [0.3, 0.4) is 0 Å². The van der Waals surface area contributed by atoms with Crippen LogP contribution >= 0.6 is 11.8 Å². The van der Waals surface area contributed by atoms with Crippen LogP contribution in [0.25, 0.3) is 0 Å². The van der Waals surface area contributed by atoms with E-state index in [9.17, 15) is 14.0 Å². The molecular formula is C19H20FNO3S. The Kier molecular flexibility index (Phi) is 7.47. The van der Waals surface area contributed by atoms with Gasteiger partial charge in [0.25, 0.3) is 0 Å². The van der Waals surface area contributed by atoms with Crippen LogP contribution in [0.15, 0.2) is 53.4 Å². The molecular weight excluding hydrogens is 341 g/mol. The summed E-state index contributed by atoms with van der Waals surface area (Å²) in [6.45, 7) is 2.08. The van der Waals surface area contributed by atoms with Crippen molar-refractivity contribution in [1.82, 2.24) is 0 Å². The van der Waals surface area contributed by atoms with Crippen molar-refractivity contribution < 1.29 is 18.7 Å². The Bertz CT molecular complexity index is 702. The molecule has 0 saturated heterocycles. The zero-order chi connectivity index (χ0) is 18.1. The summed E-state index contributed by atoms with van der Waals surface area (Å²) in [5, 5.41) is 2.80. The molecule has 132 valence electrons. The van der Waals surface area contributed by atoms with Gasteiger partial charge in [-0.25, -0.2) is 9.18 Å². The molecule has 0 saturated carbocycles. The molecule has 0 aliphatic rings. The first-order valence-corrected chi connectivity index (χ1v) is 9.02. The summed E-state index contributed by atoms with van der Waals surface area (Å²) in [6.07, 6.45) is 1.11. The molecule has 0 aromatic heterocycles. The van der Waals surface area contributed by atoms with Gasteiger partial charge < -0.3 is 10.1 Å². The van der Waals surface area contributed by atoms with Crippen molar-refractivity contribution in [2.45, 2.75) is 24.7 Å². The van der Waals surface area contributed by atoms with Crippen molar-refractivity contribution in [3.8, 4) is 0 Å². The second-order valence-corrected chi connectivity index (χ2v) is 6.42. The molecule has 1 N–H and O–H groups in total. The average molecular weight is 361 g/mol. The van der Waals surface area contributed by atoms with Crippen molar-refractivity contribution in [1.29, 1.82) is 0 Å². The maximum absolute atomic E-state index is 12.8. The molecule has 25 heavy (non-hydrogen) atoms. The largest absolute Gasteiger partial charge is 0.462 e. The number of nitrogens with one attached hydrogen (secondary N) is 1. The van der Waals surface area contributed by atoms with E-state index in [-0.39, 0.29) is 17.7 Å². The van der Waals surface area contributed by atoms with E-state index in [0.717, 1.165) is 17.1 Å². The van der Waals surface area contributed by atoms with E-state index < -0.39 is 0 Å². The molecule has 6 heteroatoms. The molecule has 0 aliphatic carbocycles. The monoisotopic (exact) mass is 361 g/mol. The Morgan fingerprint density at radius 2 is 1.76 bits per heavy atom. The third-order valence-electron chi connectivity index (χ3n) is 3.31. The molecule has 2 aromatic rings. The lowest BCUT2D eigenvalue weighted by molar-refractivity contribution is -0.116. The number of carbonyl (C=O) groups excluding carboxylic acids is 2. The van der Waals surface area contributed by atoms with Gasteiger partial charge in [0, 0.05) is 17.0 Å². The molecule has 1 amide bonds. The molecule has 2 rings (SSSR count). The number of thioether (sulfide) groups is 1. The standard InChI is InChI=1S/C19H20FNO3S/c1-2-24-19(23)14-5-9-16(10-6-14)21-18(22)4-3-13-25-17-11-7-15(20)8-12-17/h5-12H,2-4,13H2,1H3,(H,21,22). The summed E-state index contributed by atoms with van der Waals surface area (Å²) in [5.41, 5.74) is 1.10. The van der Waals surface area contributed by atoms with E-state index in [2.05, 4.69) is 5.32 Å². The van der Waals surface area contributed by atoms with E-state index in [0.29, 0.717) is 24.3 Å². The Labute approximate surface area is 150 Å². The van der Waals surface area contributed by atoms with E-state index >= 15 is 0 Å². The summed E-state index contributed by atoms with van der Waals surface area (Å²) >= 11 is 1.59. The number of carbonyl (C=O) groups is 2. The zero-order valence-electron chi connectivity index (χ0n) is 14.0. The van der Waals surface area contributed by atoms with Crippen LogP contribution in [-0.2, 0) is 9.53 Å². The van der Waals surface area contributed by atoms with Crippen LogP contribution in [0, 0.1) is 5.82 Å². The predicted octanol–water partition coefficient (Wildman–Crippen LogP) is 4.51. The maximum Gasteiger partial charge on any atom is 0.338 e. The first-order chi connectivity index (χ1) is 12.1. The Morgan fingerprint density at radius 3 is 2.40 bits per heavy atom. The highest BCUT2D eigenvalue weighted by molar-refractivity contribution is 7.99. The van der Waals surface area contributed by atoms with Crippen molar-refractivity contribution in [2.24, 2.45) is 0 Å². The van der Waals surface area contributed by atoms with E-state index in [1.165, 1.54) is 12.1 Å². The number of halogens is 1. The Morgan fingerprint density at radius 1 is 1.08 bits per heavy atom. The van der Waals surface area contributed by atoms with Gasteiger partial charge in [0.05, 0.1) is 12.2 Å². The first kappa shape index (κ1) is 19.0. The minimum atomic E-state index is -0.377. The number of amides is 1. The van der Waals surface area contributed by atoms with Crippen LogP contribution < -0.4 is 5.32 Å². The van der Waals surface area contributed by atoms with Crippen molar-refractivity contribution in [3.63, 3.8) is 0 Å². The fourth-order valence-corrected chi connectivity index (χ4v) is 2.93. The summed E-state index contributed by atoms with van der Waals surface area (Å²) in [4.78, 5) is 24.5. The van der Waals surface area contributed by atoms with Crippen LogP contribution in [0.2, 0.25) is 0 Å². The van der Waals surface area contributed by atoms with Gasteiger partial charge in [-0.1, -0.05) is 0 Å². The number of rotatable bonds is 8. The number of ether oxygens (including phenoxy) is 1. The van der Waals surface area contributed by atoms with Crippen LogP contribution in [0.1, 0.15) is 30.1 Å². The molecule has 0 unspecified atom stereocenters. The first-order valence-electron chi connectivity index (χ1n) is 8.04. The van der Waals surface area contributed by atoms with Crippen molar-refractivity contribution >= 4 is 29.3 Å². The van der Waals surface area contributed by atoms with Gasteiger partial charge in [-0.2, -0.15) is 0 Å². The second kappa shape index (κ2) is 9.84. The molecule has 0 radical (unpaired) electrons. The fraction of sp³-hybridized carbons (Fsp3) is 0.263. The molecule has 4 nitrogen and oxygen atoms in total. The van der Waals surface area contributed by atoms with E-state index in [1.54, 1.807) is 55.1 Å². The highest BCUT2D eigenvalue weighted by Crippen LogP contribution is 2.19. The van der Waals surface area contributed by atoms with E-state index in [4.69, 9.17) is 4.74 Å².